The predicted molar refractivity (Wildman–Crippen MR) is 115 cm³/mol. The molecule has 1 heterocycles. The van der Waals surface area contributed by atoms with Crippen LogP contribution in [0.1, 0.15) is 73.6 Å². The molecule has 0 spiro atoms. The van der Waals surface area contributed by atoms with Crippen LogP contribution in [0.3, 0.4) is 0 Å². The zero-order valence-electron chi connectivity index (χ0n) is 18.9. The third-order valence-electron chi connectivity index (χ3n) is 4.24. The Morgan fingerprint density at radius 2 is 1.93 bits per heavy atom. The van der Waals surface area contributed by atoms with Gasteiger partial charge in [0.1, 0.15) is 5.60 Å². The molecule has 1 N–H and O–H groups in total. The molecule has 1 saturated heterocycles. The van der Waals surface area contributed by atoms with Gasteiger partial charge in [-0.1, -0.05) is 30.1 Å². The van der Waals surface area contributed by atoms with Crippen LogP contribution in [-0.4, -0.2) is 42.3 Å². The van der Waals surface area contributed by atoms with E-state index in [1.165, 1.54) is 0 Å². The quantitative estimate of drug-likeness (QED) is 0.277. The number of hydrogen-bond acceptors (Lipinski definition) is 5. The van der Waals surface area contributed by atoms with E-state index in [2.05, 4.69) is 17.9 Å². The fourth-order valence-corrected chi connectivity index (χ4v) is 2.47. The monoisotopic (exact) mass is 406 g/mol. The normalized spacial score (nSPS) is 19.6. The summed E-state index contributed by atoms with van der Waals surface area (Å²) in [4.78, 5) is 12.3. The lowest BCUT2D eigenvalue weighted by Crippen LogP contribution is -2.28. The highest BCUT2D eigenvalue weighted by Crippen LogP contribution is 2.19. The summed E-state index contributed by atoms with van der Waals surface area (Å²) in [6, 6.07) is 0. The van der Waals surface area contributed by atoms with E-state index < -0.39 is 17.1 Å². The molecule has 0 aromatic heterocycles. The lowest BCUT2D eigenvalue weighted by molar-refractivity contribution is -0.155. The Morgan fingerprint density at radius 1 is 1.21 bits per heavy atom. The summed E-state index contributed by atoms with van der Waals surface area (Å²) in [5.74, 6) is 5.33. The van der Waals surface area contributed by atoms with Gasteiger partial charge in [0.25, 0.3) is 0 Å². The number of aliphatic hydroxyl groups is 1. The summed E-state index contributed by atoms with van der Waals surface area (Å²) in [6.45, 7) is 11.9. The van der Waals surface area contributed by atoms with E-state index in [0.717, 1.165) is 44.3 Å². The molecule has 0 radical (unpaired) electrons. The zero-order chi connectivity index (χ0) is 21.9. The minimum absolute atomic E-state index is 0.0665. The van der Waals surface area contributed by atoms with Gasteiger partial charge in [0.15, 0.2) is 12.4 Å². The Balaban J connectivity index is 2.54. The van der Waals surface area contributed by atoms with Crippen LogP contribution in [0.4, 0.5) is 0 Å². The van der Waals surface area contributed by atoms with Gasteiger partial charge in [-0.25, -0.2) is 0 Å². The second kappa shape index (κ2) is 12.2. The highest BCUT2D eigenvalue weighted by molar-refractivity contribution is 5.76. The lowest BCUT2D eigenvalue weighted by Gasteiger charge is -2.21. The average Bonchev–Trinajstić information content (AvgIpc) is 2.63. The van der Waals surface area contributed by atoms with E-state index in [1.54, 1.807) is 34.6 Å². The number of hydrogen-bond donors (Lipinski definition) is 1. The third kappa shape index (κ3) is 11.9. The molecule has 0 aliphatic carbocycles. The first-order valence-corrected chi connectivity index (χ1v) is 10.5. The van der Waals surface area contributed by atoms with E-state index in [0.29, 0.717) is 6.61 Å². The molecule has 0 aromatic carbocycles. The van der Waals surface area contributed by atoms with Crippen molar-refractivity contribution in [3.8, 4) is 11.8 Å². The van der Waals surface area contributed by atoms with Gasteiger partial charge in [-0.2, -0.15) is 0 Å². The first kappa shape index (κ1) is 25.4. The number of esters is 1. The molecule has 5 nitrogen and oxygen atoms in total. The summed E-state index contributed by atoms with van der Waals surface area (Å²) in [6.07, 6.45) is 10.3. The standard InChI is InChI=1S/C24H38O5/c1-19(13-9-7-8-11-17-27-21-14-10-12-18-28-21)20(15-16-24(5,6)26)29-22(25)23(2,3)4/h8,11,13,20-21,26H,7,9-10,12,14,17-18H2,1-6H3/b11-8+,19-13+/t20-,21?/m1/s1. The topological polar surface area (TPSA) is 65.0 Å². The largest absolute Gasteiger partial charge is 0.444 e. The van der Waals surface area contributed by atoms with Crippen LogP contribution in [0.2, 0.25) is 0 Å². The van der Waals surface area contributed by atoms with Crippen molar-refractivity contribution in [3.05, 3.63) is 23.8 Å². The molecule has 1 aliphatic rings. The highest BCUT2D eigenvalue weighted by Gasteiger charge is 2.26. The van der Waals surface area contributed by atoms with Crippen molar-refractivity contribution < 1.29 is 24.1 Å². The fraction of sp³-hybridized carbons (Fsp3) is 0.708. The van der Waals surface area contributed by atoms with E-state index in [4.69, 9.17) is 14.2 Å². The molecule has 1 fully saturated rings. The minimum atomic E-state index is -1.14. The van der Waals surface area contributed by atoms with Gasteiger partial charge < -0.3 is 19.3 Å². The van der Waals surface area contributed by atoms with Crippen molar-refractivity contribution in [3.63, 3.8) is 0 Å². The van der Waals surface area contributed by atoms with E-state index >= 15 is 0 Å². The molecule has 0 bridgehead atoms. The Bertz CT molecular complexity index is 616. The molecule has 164 valence electrons. The maximum atomic E-state index is 12.3. The summed E-state index contributed by atoms with van der Waals surface area (Å²) in [5.41, 5.74) is -0.892. The van der Waals surface area contributed by atoms with Crippen LogP contribution in [-0.2, 0) is 19.0 Å². The van der Waals surface area contributed by atoms with Crippen LogP contribution < -0.4 is 0 Å². The van der Waals surface area contributed by atoms with Gasteiger partial charge in [0, 0.05) is 6.61 Å². The third-order valence-corrected chi connectivity index (χ3v) is 4.24. The van der Waals surface area contributed by atoms with Gasteiger partial charge in [-0.15, -0.1) is 0 Å². The second-order valence-corrected chi connectivity index (χ2v) is 8.99. The van der Waals surface area contributed by atoms with Gasteiger partial charge in [-0.05, 0) is 79.2 Å². The van der Waals surface area contributed by atoms with Crippen LogP contribution in [0.15, 0.2) is 23.8 Å². The molecule has 1 unspecified atom stereocenters. The van der Waals surface area contributed by atoms with E-state index in [-0.39, 0.29) is 12.3 Å². The SMILES string of the molecule is C/C(=C\CC/C=C/COC1CCCCO1)[C@@H](C#CC(C)(C)O)OC(=O)C(C)(C)C. The Kier molecular flexibility index (Phi) is 10.7. The Hall–Kier alpha value is -1.61. The number of ether oxygens (including phenoxy) is 3. The van der Waals surface area contributed by atoms with Crippen LogP contribution in [0.25, 0.3) is 0 Å². The van der Waals surface area contributed by atoms with E-state index in [1.807, 2.05) is 19.1 Å². The van der Waals surface area contributed by atoms with Gasteiger partial charge in [0.2, 0.25) is 0 Å². The minimum Gasteiger partial charge on any atom is -0.444 e. The number of allylic oxidation sites excluding steroid dienone is 2. The van der Waals surface area contributed by atoms with Gasteiger partial charge >= 0.3 is 5.97 Å². The molecular formula is C24H38O5. The molecule has 1 rings (SSSR count). The first-order valence-electron chi connectivity index (χ1n) is 10.5. The van der Waals surface area contributed by atoms with Gasteiger partial charge in [-0.3, -0.25) is 4.79 Å². The molecule has 0 aromatic rings. The molecule has 5 heteroatoms. The predicted octanol–water partition coefficient (Wildman–Crippen LogP) is 4.54. The number of carbonyl (C=O) groups is 1. The Morgan fingerprint density at radius 3 is 2.52 bits per heavy atom. The van der Waals surface area contributed by atoms with Crippen LogP contribution >= 0.6 is 0 Å². The van der Waals surface area contributed by atoms with Crippen molar-refractivity contribution in [1.82, 2.24) is 0 Å². The lowest BCUT2D eigenvalue weighted by atomic mass is 9.97. The maximum Gasteiger partial charge on any atom is 0.312 e. The maximum absolute atomic E-state index is 12.3. The van der Waals surface area contributed by atoms with Crippen molar-refractivity contribution in [1.29, 1.82) is 0 Å². The highest BCUT2D eigenvalue weighted by atomic mass is 16.7. The fourth-order valence-electron chi connectivity index (χ4n) is 2.47. The smallest absolute Gasteiger partial charge is 0.312 e. The zero-order valence-corrected chi connectivity index (χ0v) is 18.9. The van der Waals surface area contributed by atoms with Crippen molar-refractivity contribution in [2.45, 2.75) is 91.6 Å². The average molecular weight is 407 g/mol. The molecule has 0 saturated carbocycles. The number of rotatable bonds is 8. The Labute approximate surface area is 176 Å². The molecular weight excluding hydrogens is 368 g/mol. The first-order chi connectivity index (χ1) is 13.5. The molecule has 29 heavy (non-hydrogen) atoms. The van der Waals surface area contributed by atoms with Crippen LogP contribution in [0.5, 0.6) is 0 Å². The molecule has 2 atom stereocenters. The summed E-state index contributed by atoms with van der Waals surface area (Å²) < 4.78 is 16.8. The number of carbonyl (C=O) groups excluding carboxylic acids is 1. The number of unbranched alkanes of at least 4 members (excludes halogenated alkanes) is 1. The van der Waals surface area contributed by atoms with E-state index in [9.17, 15) is 9.90 Å². The van der Waals surface area contributed by atoms with Crippen LogP contribution in [0, 0.1) is 17.3 Å². The molecule has 1 aliphatic heterocycles. The van der Waals surface area contributed by atoms with Gasteiger partial charge in [0.05, 0.1) is 12.0 Å². The summed E-state index contributed by atoms with van der Waals surface area (Å²) in [5, 5.41) is 9.87. The van der Waals surface area contributed by atoms with Crippen molar-refractivity contribution in [2.75, 3.05) is 13.2 Å². The summed E-state index contributed by atoms with van der Waals surface area (Å²) in [7, 11) is 0. The summed E-state index contributed by atoms with van der Waals surface area (Å²) >= 11 is 0. The van der Waals surface area contributed by atoms with Crippen molar-refractivity contribution in [2.24, 2.45) is 5.41 Å². The van der Waals surface area contributed by atoms with Crippen molar-refractivity contribution >= 4 is 5.97 Å². The molecule has 0 amide bonds. The second-order valence-electron chi connectivity index (χ2n) is 8.99.